The Morgan fingerprint density at radius 3 is 0.375 bits per heavy atom. The molecule has 0 aromatic heterocycles. The summed E-state index contributed by atoms with van der Waals surface area (Å²) in [4.78, 5) is 0. The molecule has 8 heteroatoms. The first-order valence-electron chi connectivity index (χ1n) is 4.47. The molecule has 0 amide bonds. The molecule has 16 heavy (non-hydrogen) atoms. The molecular weight excluding hydrogens is 866 g/mol. The second-order valence-electron chi connectivity index (χ2n) is 3.58. The van der Waals surface area contributed by atoms with Gasteiger partial charge in [-0.1, -0.05) is 0 Å². The molecule has 0 aliphatic carbocycles. The van der Waals surface area contributed by atoms with Crippen LogP contribution in [-0.4, -0.2) is 67.9 Å². The van der Waals surface area contributed by atoms with E-state index >= 15 is 0 Å². The predicted octanol–water partition coefficient (Wildman–Crippen LogP) is 0.0392. The zero-order valence-corrected chi connectivity index (χ0v) is 26.2. The van der Waals surface area contributed by atoms with Gasteiger partial charge in [0.1, 0.15) is 0 Å². The molecule has 0 radical (unpaired) electrons. The molecule has 0 saturated heterocycles. The Balaban J connectivity index is -0.0000000600. The first-order chi connectivity index (χ1) is 6.93. The van der Waals surface area contributed by atoms with Gasteiger partial charge in [-0.3, -0.25) is 0 Å². The van der Waals surface area contributed by atoms with Crippen LogP contribution in [-0.2, 0) is 98.6 Å². The Bertz CT molecular complexity index is 67.0. The summed E-state index contributed by atoms with van der Waals surface area (Å²) in [5.41, 5.74) is 0. The van der Waals surface area contributed by atoms with Gasteiger partial charge in [0, 0.05) is 0 Å². The molecule has 0 fully saturated rings. The summed E-state index contributed by atoms with van der Waals surface area (Å²) in [5.74, 6) is 0. The van der Waals surface area contributed by atoms with Crippen molar-refractivity contribution < 1.29 is 98.6 Å². The van der Waals surface area contributed by atoms with Crippen molar-refractivity contribution in [3.8, 4) is 0 Å². The molecule has 0 heterocycles. The van der Waals surface area contributed by atoms with Gasteiger partial charge in [0.05, 0.1) is 0 Å². The SMILES string of the molecule is C[N](C)[Hf].C[N](C)[Hf].C[N](C)[Hf].C[N](C)[Hf]. The summed E-state index contributed by atoms with van der Waals surface area (Å²) in [6.45, 7) is 0. The first kappa shape index (κ1) is 27.6. The van der Waals surface area contributed by atoms with Crippen molar-refractivity contribution in [2.45, 2.75) is 0 Å². The second-order valence-corrected chi connectivity index (χ2v) is 16.4. The molecular formula is C8H24Hf4N4. The van der Waals surface area contributed by atoms with Crippen molar-refractivity contribution in [3.63, 3.8) is 0 Å². The average Bonchev–Trinajstić information content (AvgIpc) is 1.76. The van der Waals surface area contributed by atoms with Crippen LogP contribution in [0.2, 0.25) is 0 Å². The van der Waals surface area contributed by atoms with Gasteiger partial charge in [0.2, 0.25) is 0 Å². The fraction of sp³-hybridized carbons (Fsp3) is 1.00. The van der Waals surface area contributed by atoms with E-state index in [-0.39, 0.29) is 0 Å². The monoisotopic (exact) mass is 896 g/mol. The van der Waals surface area contributed by atoms with E-state index in [0.717, 1.165) is 0 Å². The van der Waals surface area contributed by atoms with Crippen LogP contribution in [0.15, 0.2) is 0 Å². The van der Waals surface area contributed by atoms with Gasteiger partial charge in [-0.25, -0.2) is 0 Å². The van der Waals surface area contributed by atoms with Crippen molar-refractivity contribution in [2.24, 2.45) is 0 Å². The Morgan fingerprint density at radius 2 is 0.375 bits per heavy atom. The third-order valence-corrected chi connectivity index (χ3v) is 0. The molecule has 4 nitrogen and oxygen atoms in total. The molecule has 0 aromatic carbocycles. The number of hydrogen-bond donors (Lipinski definition) is 0. The Kier molecular flexibility index (Phi) is 40.4. The van der Waals surface area contributed by atoms with Gasteiger partial charge >= 0.3 is 167 Å². The standard InChI is InChI=1S/4C2H6N.4Hf/c4*1-3-2;;;;/h4*1-2H3;;;;/q4*-1;4*+1. The fourth-order valence-electron chi connectivity index (χ4n) is 0. The summed E-state index contributed by atoms with van der Waals surface area (Å²) in [7, 11) is 16.5. The van der Waals surface area contributed by atoms with E-state index in [0.29, 0.717) is 0 Å². The van der Waals surface area contributed by atoms with E-state index in [4.69, 9.17) is 0 Å². The first-order valence-corrected chi connectivity index (χ1v) is 10.9. The summed E-state index contributed by atoms with van der Waals surface area (Å²) < 4.78 is 8.56. The zero-order valence-electron chi connectivity index (χ0n) is 11.8. The molecule has 0 aliphatic rings. The van der Waals surface area contributed by atoms with Crippen molar-refractivity contribution in [3.05, 3.63) is 0 Å². The van der Waals surface area contributed by atoms with Gasteiger partial charge in [-0.15, -0.1) is 0 Å². The number of nitrogens with zero attached hydrogens (tertiary/aromatic N) is 4. The van der Waals surface area contributed by atoms with Crippen molar-refractivity contribution in [1.82, 2.24) is 11.6 Å². The fourth-order valence-corrected chi connectivity index (χ4v) is 0. The molecule has 0 spiro atoms. The van der Waals surface area contributed by atoms with Crippen LogP contribution in [0.5, 0.6) is 0 Å². The van der Waals surface area contributed by atoms with Gasteiger partial charge in [0.25, 0.3) is 0 Å². The van der Waals surface area contributed by atoms with Crippen LogP contribution in [0.4, 0.5) is 0 Å². The third-order valence-electron chi connectivity index (χ3n) is 0. The molecule has 0 aromatic rings. The third kappa shape index (κ3) is 418. The van der Waals surface area contributed by atoms with Crippen LogP contribution in [0, 0.1) is 0 Å². The topological polar surface area (TPSA) is 13.0 Å². The van der Waals surface area contributed by atoms with Crippen LogP contribution < -0.4 is 0 Å². The van der Waals surface area contributed by atoms with Crippen molar-refractivity contribution in [2.75, 3.05) is 56.4 Å². The molecule has 0 bridgehead atoms. The minimum absolute atomic E-state index is 1.18. The molecule has 0 aliphatic heterocycles. The Labute approximate surface area is 164 Å². The van der Waals surface area contributed by atoms with Crippen LogP contribution in [0.3, 0.4) is 0 Å². The minimum atomic E-state index is 1.18. The zero-order chi connectivity index (χ0) is 14.3. The predicted molar refractivity (Wildman–Crippen MR) is 54.7 cm³/mol. The quantitative estimate of drug-likeness (QED) is 0.319. The number of hydrogen-bond acceptors (Lipinski definition) is 4. The Hall–Kier alpha value is 3.32. The maximum atomic E-state index is 2.14. The van der Waals surface area contributed by atoms with Gasteiger partial charge in [-0.05, 0) is 0 Å². The normalized spacial score (nSPS) is 8.50. The van der Waals surface area contributed by atoms with Gasteiger partial charge < -0.3 is 0 Å². The number of rotatable bonds is 0. The van der Waals surface area contributed by atoms with E-state index in [1.54, 1.807) is 0 Å². The van der Waals surface area contributed by atoms with Crippen LogP contribution in [0.1, 0.15) is 0 Å². The maximum absolute atomic E-state index is 2.14. The summed E-state index contributed by atoms with van der Waals surface area (Å²) in [6, 6.07) is 0. The molecule has 92 valence electrons. The summed E-state index contributed by atoms with van der Waals surface area (Å²) >= 11 is 4.73. The van der Waals surface area contributed by atoms with E-state index in [1.807, 2.05) is 0 Å². The molecule has 0 rings (SSSR count). The van der Waals surface area contributed by atoms with E-state index < -0.39 is 0 Å². The summed E-state index contributed by atoms with van der Waals surface area (Å²) in [5, 5.41) is 0. The van der Waals surface area contributed by atoms with Crippen LogP contribution >= 0.6 is 0 Å². The van der Waals surface area contributed by atoms with Gasteiger partial charge in [0.15, 0.2) is 0 Å². The average molecular weight is 890 g/mol. The van der Waals surface area contributed by atoms with Crippen LogP contribution in [0.25, 0.3) is 0 Å². The van der Waals surface area contributed by atoms with E-state index in [9.17, 15) is 0 Å². The molecule has 0 atom stereocenters. The van der Waals surface area contributed by atoms with Crippen molar-refractivity contribution in [1.29, 1.82) is 0 Å². The molecule has 0 unspecified atom stereocenters. The second kappa shape index (κ2) is 23.4. The van der Waals surface area contributed by atoms with Crippen molar-refractivity contribution >= 4 is 0 Å². The van der Waals surface area contributed by atoms with E-state index in [1.165, 1.54) is 98.6 Å². The Morgan fingerprint density at radius 1 is 0.375 bits per heavy atom. The molecule has 0 N–H and O–H groups in total. The molecule has 0 saturated carbocycles. The van der Waals surface area contributed by atoms with E-state index in [2.05, 4.69) is 67.9 Å². The summed E-state index contributed by atoms with van der Waals surface area (Å²) in [6.07, 6.45) is 0. The van der Waals surface area contributed by atoms with Gasteiger partial charge in [-0.2, -0.15) is 0 Å².